The van der Waals surface area contributed by atoms with E-state index in [1.807, 2.05) is 0 Å². The van der Waals surface area contributed by atoms with Gasteiger partial charge in [-0.1, -0.05) is 0 Å². The van der Waals surface area contributed by atoms with Gasteiger partial charge in [0, 0.05) is 6.42 Å². The Kier molecular flexibility index (Phi) is 5.92. The molecule has 0 fully saturated rings. The predicted octanol–water partition coefficient (Wildman–Crippen LogP) is 2.95. The summed E-state index contributed by atoms with van der Waals surface area (Å²) in [6, 6.07) is -0.490. The predicted molar refractivity (Wildman–Crippen MR) is 80.2 cm³/mol. The number of ether oxygens (including phenoxy) is 1. The number of halogens is 3. The first kappa shape index (κ1) is 19.1. The first-order chi connectivity index (χ1) is 10.4. The molecule has 0 radical (unpaired) electrons. The molecule has 1 aromatic rings. The highest BCUT2D eigenvalue weighted by molar-refractivity contribution is 9.10. The van der Waals surface area contributed by atoms with Crippen molar-refractivity contribution in [3.05, 3.63) is 27.7 Å². The van der Waals surface area contributed by atoms with Gasteiger partial charge in [-0.15, -0.1) is 0 Å². The normalized spacial score (nSPS) is 12.6. The van der Waals surface area contributed by atoms with E-state index in [4.69, 9.17) is 9.84 Å². The number of carbonyl (C=O) groups excluding carboxylic acids is 1. The second kappa shape index (κ2) is 7.12. The number of phenolic OH excluding ortho intramolecular Hbond substituents is 1. The maximum absolute atomic E-state index is 13.8. The molecular formula is C14H16BrF2NO5. The Morgan fingerprint density at radius 2 is 1.91 bits per heavy atom. The van der Waals surface area contributed by atoms with Crippen LogP contribution < -0.4 is 5.32 Å². The van der Waals surface area contributed by atoms with Crippen molar-refractivity contribution in [1.29, 1.82) is 0 Å². The summed E-state index contributed by atoms with van der Waals surface area (Å²) in [5, 5.41) is 20.5. The lowest BCUT2D eigenvalue weighted by Gasteiger charge is -2.22. The van der Waals surface area contributed by atoms with E-state index in [0.717, 1.165) is 6.07 Å². The Bertz CT molecular complexity index is 631. The highest BCUT2D eigenvalue weighted by Gasteiger charge is 2.27. The number of aromatic hydroxyl groups is 1. The molecule has 128 valence electrons. The first-order valence-electron chi connectivity index (χ1n) is 6.50. The quantitative estimate of drug-likeness (QED) is 0.681. The molecule has 0 aliphatic heterocycles. The highest BCUT2D eigenvalue weighted by atomic mass is 79.9. The van der Waals surface area contributed by atoms with Gasteiger partial charge in [-0.2, -0.15) is 4.39 Å². The van der Waals surface area contributed by atoms with E-state index in [1.165, 1.54) is 0 Å². The third-order valence-corrected chi connectivity index (χ3v) is 3.23. The average Bonchev–Trinajstić information content (AvgIpc) is 2.39. The molecule has 6 nitrogen and oxygen atoms in total. The second-order valence-corrected chi connectivity index (χ2v) is 6.59. The lowest BCUT2D eigenvalue weighted by Crippen LogP contribution is -2.44. The van der Waals surface area contributed by atoms with Crippen molar-refractivity contribution < 1.29 is 33.3 Å². The van der Waals surface area contributed by atoms with Crippen LogP contribution in [0.5, 0.6) is 5.75 Å². The van der Waals surface area contributed by atoms with Crippen molar-refractivity contribution in [2.45, 2.75) is 38.8 Å². The molecule has 23 heavy (non-hydrogen) atoms. The molecule has 0 saturated carbocycles. The minimum atomic E-state index is -1.53. The zero-order valence-electron chi connectivity index (χ0n) is 12.6. The Balaban J connectivity index is 2.98. The molecule has 1 atom stereocenters. The molecule has 0 aliphatic rings. The fraction of sp³-hybridized carbons (Fsp3) is 0.429. The largest absolute Gasteiger partial charge is 0.504 e. The van der Waals surface area contributed by atoms with Crippen LogP contribution in [0.15, 0.2) is 10.5 Å². The van der Waals surface area contributed by atoms with Crippen LogP contribution in [0.4, 0.5) is 13.6 Å². The minimum absolute atomic E-state index is 0.132. The summed E-state index contributed by atoms with van der Waals surface area (Å²) >= 11 is 2.83. The van der Waals surface area contributed by atoms with Gasteiger partial charge in [-0.25, -0.2) is 14.0 Å². The zero-order valence-corrected chi connectivity index (χ0v) is 14.2. The molecule has 0 saturated heterocycles. The summed E-state index contributed by atoms with van der Waals surface area (Å²) in [5.41, 5.74) is -1.16. The monoisotopic (exact) mass is 395 g/mol. The number of alkyl carbamates (subject to hydrolysis) is 1. The van der Waals surface area contributed by atoms with E-state index < -0.39 is 47.5 Å². The van der Waals surface area contributed by atoms with Crippen LogP contribution in [0.25, 0.3) is 0 Å². The molecule has 1 amide bonds. The number of hydrogen-bond donors (Lipinski definition) is 3. The van der Waals surface area contributed by atoms with E-state index in [-0.39, 0.29) is 10.0 Å². The van der Waals surface area contributed by atoms with Crippen LogP contribution in [0.2, 0.25) is 0 Å². The van der Waals surface area contributed by atoms with Gasteiger partial charge in [0.1, 0.15) is 11.6 Å². The van der Waals surface area contributed by atoms with Gasteiger partial charge >= 0.3 is 12.1 Å². The number of benzene rings is 1. The van der Waals surface area contributed by atoms with Gasteiger partial charge in [0.2, 0.25) is 5.82 Å². The Labute approximate surface area is 139 Å². The van der Waals surface area contributed by atoms with E-state index >= 15 is 0 Å². The molecular weight excluding hydrogens is 380 g/mol. The van der Waals surface area contributed by atoms with Crippen molar-refractivity contribution in [3.8, 4) is 5.75 Å². The van der Waals surface area contributed by atoms with Crippen LogP contribution in [0, 0.1) is 11.6 Å². The zero-order chi connectivity index (χ0) is 17.9. The summed E-state index contributed by atoms with van der Waals surface area (Å²) in [4.78, 5) is 22.8. The molecule has 0 aliphatic carbocycles. The lowest BCUT2D eigenvalue weighted by molar-refractivity contribution is -0.139. The number of amides is 1. The standard InChI is InChI=1S/C14H16BrF2NO5/c1-14(2,3)23-13(22)18-8(12(20)21)5-6-4-7(15)11(19)10(17)9(6)16/h4,8,19H,5H2,1-3H3,(H,18,22)(H,20,21). The van der Waals surface area contributed by atoms with Gasteiger partial charge in [0.15, 0.2) is 11.6 Å². The van der Waals surface area contributed by atoms with Crippen LogP contribution in [-0.2, 0) is 16.0 Å². The molecule has 0 bridgehead atoms. The van der Waals surface area contributed by atoms with Crippen molar-refractivity contribution >= 4 is 28.0 Å². The summed E-state index contributed by atoms with van der Waals surface area (Å²) in [6.45, 7) is 4.78. The number of aliphatic carboxylic acids is 1. The van der Waals surface area contributed by atoms with Crippen molar-refractivity contribution in [2.24, 2.45) is 0 Å². The smallest absolute Gasteiger partial charge is 0.408 e. The van der Waals surface area contributed by atoms with E-state index in [0.29, 0.717) is 0 Å². The fourth-order valence-electron chi connectivity index (χ4n) is 1.65. The van der Waals surface area contributed by atoms with Gasteiger partial charge in [-0.3, -0.25) is 0 Å². The lowest BCUT2D eigenvalue weighted by atomic mass is 10.0. The fourth-order valence-corrected chi connectivity index (χ4v) is 2.10. The number of hydrogen-bond acceptors (Lipinski definition) is 4. The first-order valence-corrected chi connectivity index (χ1v) is 7.29. The van der Waals surface area contributed by atoms with Crippen LogP contribution in [-0.4, -0.2) is 33.9 Å². The molecule has 1 aromatic carbocycles. The summed E-state index contributed by atoms with van der Waals surface area (Å²) in [7, 11) is 0. The van der Waals surface area contributed by atoms with Crippen LogP contribution in [0.3, 0.4) is 0 Å². The number of rotatable bonds is 4. The number of carboxylic acid groups (broad SMARTS) is 1. The van der Waals surface area contributed by atoms with Crippen LogP contribution >= 0.6 is 15.9 Å². The molecule has 3 N–H and O–H groups in total. The number of phenols is 1. The Hall–Kier alpha value is -1.90. The maximum atomic E-state index is 13.8. The minimum Gasteiger partial charge on any atom is -0.504 e. The van der Waals surface area contributed by atoms with Gasteiger partial charge in [0.25, 0.3) is 0 Å². The number of nitrogens with one attached hydrogen (secondary N) is 1. The van der Waals surface area contributed by atoms with Crippen molar-refractivity contribution in [2.75, 3.05) is 0 Å². The SMILES string of the molecule is CC(C)(C)OC(=O)NC(Cc1cc(Br)c(O)c(F)c1F)C(=O)O. The van der Waals surface area contributed by atoms with Gasteiger partial charge in [-0.05, 0) is 48.3 Å². The Morgan fingerprint density at radius 1 is 1.35 bits per heavy atom. The van der Waals surface area contributed by atoms with Crippen molar-refractivity contribution in [1.82, 2.24) is 5.32 Å². The van der Waals surface area contributed by atoms with Gasteiger partial charge < -0.3 is 20.3 Å². The molecule has 9 heteroatoms. The molecule has 1 rings (SSSR count). The van der Waals surface area contributed by atoms with Crippen molar-refractivity contribution in [3.63, 3.8) is 0 Å². The van der Waals surface area contributed by atoms with E-state index in [1.54, 1.807) is 20.8 Å². The summed E-state index contributed by atoms with van der Waals surface area (Å²) in [6.07, 6.45) is -1.53. The number of carboxylic acids is 1. The summed E-state index contributed by atoms with van der Waals surface area (Å²) in [5.74, 6) is -5.25. The third-order valence-electron chi connectivity index (χ3n) is 2.62. The second-order valence-electron chi connectivity index (χ2n) is 5.74. The topological polar surface area (TPSA) is 95.9 Å². The Morgan fingerprint density at radius 3 is 2.39 bits per heavy atom. The number of carbonyl (C=O) groups is 2. The third kappa shape index (κ3) is 5.34. The molecule has 0 heterocycles. The van der Waals surface area contributed by atoms with E-state index in [9.17, 15) is 23.5 Å². The van der Waals surface area contributed by atoms with E-state index in [2.05, 4.69) is 21.2 Å². The molecule has 1 unspecified atom stereocenters. The molecule has 0 aromatic heterocycles. The van der Waals surface area contributed by atoms with Gasteiger partial charge in [0.05, 0.1) is 4.47 Å². The van der Waals surface area contributed by atoms with Crippen LogP contribution in [0.1, 0.15) is 26.3 Å². The average molecular weight is 396 g/mol. The maximum Gasteiger partial charge on any atom is 0.408 e. The highest BCUT2D eigenvalue weighted by Crippen LogP contribution is 2.31. The summed E-state index contributed by atoms with van der Waals surface area (Å²) < 4.78 is 32.0. The molecule has 0 spiro atoms.